The van der Waals surface area contributed by atoms with Crippen molar-refractivity contribution in [1.82, 2.24) is 19.7 Å². The molecule has 1 saturated heterocycles. The fraction of sp³-hybridized carbons (Fsp3) is 0.444. The lowest BCUT2D eigenvalue weighted by molar-refractivity contribution is -0.130. The van der Waals surface area contributed by atoms with Crippen LogP contribution in [0.1, 0.15) is 26.1 Å². The summed E-state index contributed by atoms with van der Waals surface area (Å²) in [6, 6.07) is 18.2. The van der Waals surface area contributed by atoms with Crippen molar-refractivity contribution < 1.29 is 14.3 Å². The minimum atomic E-state index is 0.157. The predicted molar refractivity (Wildman–Crippen MR) is 138 cm³/mol. The molecule has 1 aliphatic rings. The fourth-order valence-electron chi connectivity index (χ4n) is 4.61. The van der Waals surface area contributed by atoms with Crippen molar-refractivity contribution in [2.75, 3.05) is 32.6 Å². The van der Waals surface area contributed by atoms with Crippen molar-refractivity contribution in [3.8, 4) is 16.9 Å². The van der Waals surface area contributed by atoms with Crippen LogP contribution in [0.15, 0.2) is 59.8 Å². The van der Waals surface area contributed by atoms with Crippen LogP contribution in [-0.2, 0) is 22.7 Å². The van der Waals surface area contributed by atoms with Gasteiger partial charge >= 0.3 is 0 Å². The smallest absolute Gasteiger partial charge is 0.233 e. The Bertz CT molecular complexity index is 1090. The van der Waals surface area contributed by atoms with E-state index >= 15 is 0 Å². The zero-order valence-electron chi connectivity index (χ0n) is 20.7. The van der Waals surface area contributed by atoms with Gasteiger partial charge in [0.05, 0.1) is 12.4 Å². The summed E-state index contributed by atoms with van der Waals surface area (Å²) < 4.78 is 13.5. The summed E-state index contributed by atoms with van der Waals surface area (Å²) in [5.41, 5.74) is 2.13. The number of hydrogen-bond donors (Lipinski definition) is 0. The van der Waals surface area contributed by atoms with E-state index in [9.17, 15) is 4.79 Å². The lowest BCUT2D eigenvalue weighted by Crippen LogP contribution is -2.43. The molecule has 2 atom stereocenters. The second kappa shape index (κ2) is 12.2. The first kappa shape index (κ1) is 25.3. The standard InChI is InChI=1S/C27H34N4O3S/c1-20-15-21(2)17-30(16-20)26(32)19-35-27-29-28-25(31(27)13-14-33-3)18-34-24-12-8-7-11-23(24)22-9-5-4-6-10-22/h4-12,20-21H,13-19H2,1-3H3. The molecule has 1 amide bonds. The average Bonchev–Trinajstić information content (AvgIpc) is 3.26. The van der Waals surface area contributed by atoms with Crippen molar-refractivity contribution in [2.45, 2.75) is 38.6 Å². The van der Waals surface area contributed by atoms with Crippen molar-refractivity contribution in [3.05, 3.63) is 60.4 Å². The number of piperidine rings is 1. The highest BCUT2D eigenvalue weighted by atomic mass is 32.2. The topological polar surface area (TPSA) is 69.5 Å². The third-order valence-corrected chi connectivity index (χ3v) is 7.14. The number of methoxy groups -OCH3 is 1. The van der Waals surface area contributed by atoms with Gasteiger partial charge in [0.1, 0.15) is 12.4 Å². The second-order valence-electron chi connectivity index (χ2n) is 9.23. The molecule has 2 aromatic carbocycles. The summed E-state index contributed by atoms with van der Waals surface area (Å²) in [4.78, 5) is 14.9. The third-order valence-electron chi connectivity index (χ3n) is 6.19. The minimum absolute atomic E-state index is 0.157. The van der Waals surface area contributed by atoms with Gasteiger partial charge in [0.25, 0.3) is 0 Å². The largest absolute Gasteiger partial charge is 0.485 e. The molecule has 186 valence electrons. The molecule has 2 heterocycles. The molecule has 0 spiro atoms. The van der Waals surface area contributed by atoms with Crippen LogP contribution < -0.4 is 4.74 Å². The number of aromatic nitrogens is 3. The van der Waals surface area contributed by atoms with Crippen molar-refractivity contribution in [2.24, 2.45) is 11.8 Å². The predicted octanol–water partition coefficient (Wildman–Crippen LogP) is 4.77. The maximum Gasteiger partial charge on any atom is 0.233 e. The Morgan fingerprint density at radius 1 is 1.03 bits per heavy atom. The van der Waals surface area contributed by atoms with E-state index in [0.717, 1.165) is 30.0 Å². The third kappa shape index (κ3) is 6.64. The summed E-state index contributed by atoms with van der Waals surface area (Å²) in [7, 11) is 1.67. The Hall–Kier alpha value is -2.84. The molecule has 1 aromatic heterocycles. The fourth-order valence-corrected chi connectivity index (χ4v) is 5.50. The highest BCUT2D eigenvalue weighted by Crippen LogP contribution is 2.30. The normalized spacial score (nSPS) is 18.0. The Morgan fingerprint density at radius 3 is 2.49 bits per heavy atom. The first-order valence-electron chi connectivity index (χ1n) is 12.1. The molecule has 0 N–H and O–H groups in total. The molecule has 2 unspecified atom stereocenters. The summed E-state index contributed by atoms with van der Waals surface area (Å²) in [5, 5.41) is 9.48. The molecular formula is C27H34N4O3S. The molecule has 0 aliphatic carbocycles. The lowest BCUT2D eigenvalue weighted by Gasteiger charge is -2.34. The quantitative estimate of drug-likeness (QED) is 0.378. The molecule has 4 rings (SSSR count). The van der Waals surface area contributed by atoms with Crippen LogP contribution in [0.4, 0.5) is 0 Å². The van der Waals surface area contributed by atoms with Crippen molar-refractivity contribution in [3.63, 3.8) is 0 Å². The van der Waals surface area contributed by atoms with E-state index < -0.39 is 0 Å². The van der Waals surface area contributed by atoms with Gasteiger partial charge in [-0.3, -0.25) is 4.79 Å². The monoisotopic (exact) mass is 494 g/mol. The Labute approximate surface area is 211 Å². The van der Waals surface area contributed by atoms with Crippen LogP contribution in [0, 0.1) is 11.8 Å². The van der Waals surface area contributed by atoms with Crippen molar-refractivity contribution >= 4 is 17.7 Å². The first-order chi connectivity index (χ1) is 17.0. The molecular weight excluding hydrogens is 460 g/mol. The van der Waals surface area contributed by atoms with E-state index in [1.165, 1.54) is 18.2 Å². The first-order valence-corrected chi connectivity index (χ1v) is 13.1. The highest BCUT2D eigenvalue weighted by molar-refractivity contribution is 7.99. The second-order valence-corrected chi connectivity index (χ2v) is 10.2. The van der Waals surface area contributed by atoms with Gasteiger partial charge in [-0.1, -0.05) is 74.1 Å². The van der Waals surface area contributed by atoms with Gasteiger partial charge in [0.2, 0.25) is 5.91 Å². The number of ether oxygens (including phenoxy) is 2. The van der Waals surface area contributed by atoms with E-state index in [4.69, 9.17) is 9.47 Å². The SMILES string of the molecule is COCCn1c(COc2ccccc2-c2ccccc2)nnc1SCC(=O)N1CC(C)CC(C)C1. The van der Waals surface area contributed by atoms with Crippen molar-refractivity contribution in [1.29, 1.82) is 0 Å². The Morgan fingerprint density at radius 2 is 1.74 bits per heavy atom. The van der Waals surface area contributed by atoms with Gasteiger partial charge in [-0.2, -0.15) is 0 Å². The van der Waals surface area contributed by atoms with Gasteiger partial charge in [-0.25, -0.2) is 0 Å². The van der Waals surface area contributed by atoms with Gasteiger partial charge in [0, 0.05) is 32.3 Å². The summed E-state index contributed by atoms with van der Waals surface area (Å²) in [6.45, 7) is 7.49. The summed E-state index contributed by atoms with van der Waals surface area (Å²) >= 11 is 1.43. The van der Waals surface area contributed by atoms with E-state index in [2.05, 4.69) is 42.2 Å². The average molecular weight is 495 g/mol. The number of nitrogens with zero attached hydrogens (tertiary/aromatic N) is 4. The number of carbonyl (C=O) groups is 1. The minimum Gasteiger partial charge on any atom is -0.485 e. The van der Waals surface area contributed by atoms with Gasteiger partial charge in [-0.15, -0.1) is 10.2 Å². The van der Waals surface area contributed by atoms with Crippen LogP contribution in [0.3, 0.4) is 0 Å². The maximum absolute atomic E-state index is 12.9. The van der Waals surface area contributed by atoms with Crippen LogP contribution in [0.25, 0.3) is 11.1 Å². The number of para-hydroxylation sites is 1. The highest BCUT2D eigenvalue weighted by Gasteiger charge is 2.26. The summed E-state index contributed by atoms with van der Waals surface area (Å²) in [6.07, 6.45) is 1.18. The molecule has 1 fully saturated rings. The number of amides is 1. The van der Waals surface area contributed by atoms with E-state index in [0.29, 0.717) is 41.7 Å². The Balaban J connectivity index is 1.44. The zero-order chi connectivity index (χ0) is 24.6. The van der Waals surface area contributed by atoms with E-state index in [1.807, 2.05) is 45.9 Å². The van der Waals surface area contributed by atoms with Gasteiger partial charge in [0.15, 0.2) is 11.0 Å². The van der Waals surface area contributed by atoms with Crippen LogP contribution in [0.5, 0.6) is 5.75 Å². The number of rotatable bonds is 10. The number of thioether (sulfide) groups is 1. The van der Waals surface area contributed by atoms with Crippen LogP contribution >= 0.6 is 11.8 Å². The molecule has 35 heavy (non-hydrogen) atoms. The van der Waals surface area contributed by atoms with Gasteiger partial charge in [-0.05, 0) is 29.9 Å². The van der Waals surface area contributed by atoms with Crippen LogP contribution in [0.2, 0.25) is 0 Å². The lowest BCUT2D eigenvalue weighted by atomic mass is 9.92. The number of carbonyl (C=O) groups excluding carboxylic acids is 1. The molecule has 0 radical (unpaired) electrons. The number of hydrogen-bond acceptors (Lipinski definition) is 6. The summed E-state index contributed by atoms with van der Waals surface area (Å²) in [5.74, 6) is 3.09. The number of likely N-dealkylation sites (tertiary alicyclic amines) is 1. The van der Waals surface area contributed by atoms with E-state index in [-0.39, 0.29) is 12.5 Å². The Kier molecular flexibility index (Phi) is 8.82. The number of benzene rings is 2. The molecule has 0 saturated carbocycles. The van der Waals surface area contributed by atoms with Crippen LogP contribution in [-0.4, -0.2) is 58.1 Å². The van der Waals surface area contributed by atoms with Gasteiger partial charge < -0.3 is 18.9 Å². The zero-order valence-corrected chi connectivity index (χ0v) is 21.5. The molecule has 7 nitrogen and oxygen atoms in total. The maximum atomic E-state index is 12.9. The molecule has 3 aromatic rings. The molecule has 8 heteroatoms. The van der Waals surface area contributed by atoms with E-state index in [1.54, 1.807) is 7.11 Å². The molecule has 1 aliphatic heterocycles. The molecule has 0 bridgehead atoms.